The molecule has 4 rings (SSSR count). The number of aromatic amines is 1. The highest BCUT2D eigenvalue weighted by Crippen LogP contribution is 2.24. The Hall–Kier alpha value is -2.74. The van der Waals surface area contributed by atoms with Gasteiger partial charge in [0.15, 0.2) is 0 Å². The molecule has 0 bridgehead atoms. The molecule has 23 heavy (non-hydrogen) atoms. The average Bonchev–Trinajstić information content (AvgIpc) is 3.19. The summed E-state index contributed by atoms with van der Waals surface area (Å²) in [6.07, 6.45) is 3.32. The molecule has 3 aromatic heterocycles. The van der Waals surface area contributed by atoms with E-state index >= 15 is 0 Å². The molecule has 8 nitrogen and oxygen atoms in total. The van der Waals surface area contributed by atoms with E-state index in [9.17, 15) is 4.79 Å². The third-order valence-electron chi connectivity index (χ3n) is 4.00. The van der Waals surface area contributed by atoms with Crippen LogP contribution >= 0.6 is 0 Å². The second-order valence-corrected chi connectivity index (χ2v) is 5.58. The zero-order chi connectivity index (χ0) is 15.8. The SMILES string of the molecule is Cc1ccc(=O)n(C2COCC2Nc2ncnc3[nH]ccc23)n1. The van der Waals surface area contributed by atoms with E-state index in [0.717, 1.165) is 22.5 Å². The number of anilines is 1. The average molecular weight is 312 g/mol. The van der Waals surface area contributed by atoms with E-state index in [-0.39, 0.29) is 17.6 Å². The highest BCUT2D eigenvalue weighted by molar-refractivity contribution is 5.86. The topological polar surface area (TPSA) is 97.7 Å². The van der Waals surface area contributed by atoms with Gasteiger partial charge in [-0.2, -0.15) is 5.10 Å². The third kappa shape index (κ3) is 2.46. The van der Waals surface area contributed by atoms with Gasteiger partial charge in [0.1, 0.15) is 23.8 Å². The molecule has 8 heteroatoms. The molecule has 118 valence electrons. The zero-order valence-electron chi connectivity index (χ0n) is 12.6. The van der Waals surface area contributed by atoms with Gasteiger partial charge < -0.3 is 15.0 Å². The van der Waals surface area contributed by atoms with E-state index in [1.807, 2.05) is 19.2 Å². The summed E-state index contributed by atoms with van der Waals surface area (Å²) in [7, 11) is 0. The monoisotopic (exact) mass is 312 g/mol. The number of aromatic nitrogens is 5. The van der Waals surface area contributed by atoms with Crippen LogP contribution in [0.4, 0.5) is 5.82 Å². The summed E-state index contributed by atoms with van der Waals surface area (Å²) in [4.78, 5) is 23.6. The first kappa shape index (κ1) is 13.9. The van der Waals surface area contributed by atoms with Gasteiger partial charge in [-0.25, -0.2) is 14.6 Å². The normalized spacial score (nSPS) is 20.9. The Kier molecular flexibility index (Phi) is 3.30. The first-order chi connectivity index (χ1) is 11.2. The third-order valence-corrected chi connectivity index (χ3v) is 4.00. The van der Waals surface area contributed by atoms with Crippen LogP contribution in [-0.2, 0) is 4.74 Å². The molecule has 0 aliphatic carbocycles. The number of H-pyrrole nitrogens is 1. The fourth-order valence-electron chi connectivity index (χ4n) is 2.84. The standard InChI is InChI=1S/C15H16N6O2/c1-9-2-3-13(22)21(20-9)12-7-23-6-11(12)19-15-10-4-5-16-14(10)17-8-18-15/h2-5,8,11-12H,6-7H2,1H3,(H2,16,17,18,19). The van der Waals surface area contributed by atoms with Crippen LogP contribution in [-0.4, -0.2) is 44.0 Å². The summed E-state index contributed by atoms with van der Waals surface area (Å²) < 4.78 is 7.07. The Balaban J connectivity index is 1.67. The molecule has 1 aliphatic rings. The van der Waals surface area contributed by atoms with Gasteiger partial charge in [-0.15, -0.1) is 0 Å². The summed E-state index contributed by atoms with van der Waals surface area (Å²) in [5, 5.41) is 8.62. The maximum atomic E-state index is 12.1. The molecule has 0 spiro atoms. The molecule has 0 aromatic carbocycles. The van der Waals surface area contributed by atoms with E-state index in [1.54, 1.807) is 6.07 Å². The Labute approximate surface area is 131 Å². The number of fused-ring (bicyclic) bond motifs is 1. The molecule has 1 saturated heterocycles. The van der Waals surface area contributed by atoms with Gasteiger partial charge in [0.2, 0.25) is 0 Å². The molecule has 2 N–H and O–H groups in total. The van der Waals surface area contributed by atoms with Crippen LogP contribution in [0, 0.1) is 6.92 Å². The van der Waals surface area contributed by atoms with Crippen LogP contribution in [0.2, 0.25) is 0 Å². The van der Waals surface area contributed by atoms with Crippen molar-refractivity contribution >= 4 is 16.9 Å². The van der Waals surface area contributed by atoms with E-state index in [2.05, 4.69) is 25.4 Å². The molecule has 1 fully saturated rings. The number of hydrogen-bond donors (Lipinski definition) is 2. The fraction of sp³-hybridized carbons (Fsp3) is 0.333. The first-order valence-electron chi connectivity index (χ1n) is 7.41. The lowest BCUT2D eigenvalue weighted by molar-refractivity contribution is 0.182. The van der Waals surface area contributed by atoms with Gasteiger partial charge in [-0.05, 0) is 19.1 Å². The van der Waals surface area contributed by atoms with Crippen LogP contribution in [0.15, 0.2) is 35.5 Å². The molecule has 0 saturated carbocycles. The molecule has 0 radical (unpaired) electrons. The van der Waals surface area contributed by atoms with Crippen molar-refractivity contribution in [1.29, 1.82) is 0 Å². The number of nitrogens with zero attached hydrogens (tertiary/aromatic N) is 4. The van der Waals surface area contributed by atoms with Crippen LogP contribution in [0.1, 0.15) is 11.7 Å². The molecule has 2 atom stereocenters. The summed E-state index contributed by atoms with van der Waals surface area (Å²) >= 11 is 0. The highest BCUT2D eigenvalue weighted by Gasteiger charge is 2.32. The van der Waals surface area contributed by atoms with Crippen LogP contribution < -0.4 is 10.9 Å². The maximum Gasteiger partial charge on any atom is 0.267 e. The van der Waals surface area contributed by atoms with Crippen molar-refractivity contribution in [3.05, 3.63) is 46.8 Å². The molecule has 2 unspecified atom stereocenters. The Bertz CT molecular complexity index is 902. The summed E-state index contributed by atoms with van der Waals surface area (Å²) in [6.45, 7) is 2.79. The van der Waals surface area contributed by atoms with Crippen molar-refractivity contribution in [3.63, 3.8) is 0 Å². The van der Waals surface area contributed by atoms with Gasteiger partial charge in [-0.1, -0.05) is 0 Å². The summed E-state index contributed by atoms with van der Waals surface area (Å²) in [5.41, 5.74) is 1.43. The fourth-order valence-corrected chi connectivity index (χ4v) is 2.84. The van der Waals surface area contributed by atoms with Crippen molar-refractivity contribution in [2.75, 3.05) is 18.5 Å². The number of aryl methyl sites for hydroxylation is 1. The minimum Gasteiger partial charge on any atom is -0.377 e. The highest BCUT2D eigenvalue weighted by atomic mass is 16.5. The smallest absolute Gasteiger partial charge is 0.267 e. The zero-order valence-corrected chi connectivity index (χ0v) is 12.6. The minimum atomic E-state index is -0.175. The lowest BCUT2D eigenvalue weighted by Crippen LogP contribution is -2.37. The Morgan fingerprint density at radius 1 is 1.30 bits per heavy atom. The number of nitrogens with one attached hydrogen (secondary N) is 2. The van der Waals surface area contributed by atoms with Crippen molar-refractivity contribution < 1.29 is 4.74 Å². The van der Waals surface area contributed by atoms with E-state index < -0.39 is 0 Å². The van der Waals surface area contributed by atoms with Crippen molar-refractivity contribution in [1.82, 2.24) is 24.7 Å². The van der Waals surface area contributed by atoms with Crippen molar-refractivity contribution in [3.8, 4) is 0 Å². The number of hydrogen-bond acceptors (Lipinski definition) is 6. The summed E-state index contributed by atoms with van der Waals surface area (Å²) in [5.74, 6) is 0.720. The quantitative estimate of drug-likeness (QED) is 0.745. The molecule has 1 aliphatic heterocycles. The van der Waals surface area contributed by atoms with Gasteiger partial charge in [0.25, 0.3) is 5.56 Å². The first-order valence-corrected chi connectivity index (χ1v) is 7.41. The van der Waals surface area contributed by atoms with Gasteiger partial charge >= 0.3 is 0 Å². The molecular weight excluding hydrogens is 296 g/mol. The van der Waals surface area contributed by atoms with E-state index in [1.165, 1.54) is 17.1 Å². The maximum absolute atomic E-state index is 12.1. The summed E-state index contributed by atoms with van der Waals surface area (Å²) in [6, 6.07) is 4.90. The van der Waals surface area contributed by atoms with E-state index in [0.29, 0.717) is 13.2 Å². The molecule has 3 aromatic rings. The molecule has 0 amide bonds. The van der Waals surface area contributed by atoms with Gasteiger partial charge in [0.05, 0.1) is 30.3 Å². The minimum absolute atomic E-state index is 0.0880. The second-order valence-electron chi connectivity index (χ2n) is 5.58. The lowest BCUT2D eigenvalue weighted by Gasteiger charge is -2.21. The Morgan fingerprint density at radius 3 is 3.13 bits per heavy atom. The number of rotatable bonds is 3. The number of ether oxygens (including phenoxy) is 1. The largest absolute Gasteiger partial charge is 0.377 e. The van der Waals surface area contributed by atoms with Crippen molar-refractivity contribution in [2.24, 2.45) is 0 Å². The second kappa shape index (κ2) is 5.47. The van der Waals surface area contributed by atoms with Gasteiger partial charge in [-0.3, -0.25) is 4.79 Å². The molecule has 4 heterocycles. The van der Waals surface area contributed by atoms with Gasteiger partial charge in [0, 0.05) is 12.3 Å². The Morgan fingerprint density at radius 2 is 2.22 bits per heavy atom. The van der Waals surface area contributed by atoms with Crippen LogP contribution in [0.3, 0.4) is 0 Å². The van der Waals surface area contributed by atoms with Crippen LogP contribution in [0.25, 0.3) is 11.0 Å². The molecular formula is C15H16N6O2. The predicted octanol–water partition coefficient (Wildman–Crippen LogP) is 0.875. The predicted molar refractivity (Wildman–Crippen MR) is 84.4 cm³/mol. The van der Waals surface area contributed by atoms with Crippen LogP contribution in [0.5, 0.6) is 0 Å². The van der Waals surface area contributed by atoms with Crippen molar-refractivity contribution in [2.45, 2.75) is 19.0 Å². The van der Waals surface area contributed by atoms with E-state index in [4.69, 9.17) is 4.74 Å². The lowest BCUT2D eigenvalue weighted by atomic mass is 10.1.